The number of hydrogen-bond acceptors (Lipinski definition) is 3. The predicted octanol–water partition coefficient (Wildman–Crippen LogP) is 5.41. The Morgan fingerprint density at radius 2 is 1.27 bits per heavy atom. The van der Waals surface area contributed by atoms with Gasteiger partial charge in [-0.1, -0.05) is 0 Å². The van der Waals surface area contributed by atoms with Crippen LogP contribution < -0.4 is 4.74 Å². The molecular weight excluding hydrogens is 312 g/mol. The maximum atomic E-state index is 11.2. The summed E-state index contributed by atoms with van der Waals surface area (Å²) >= 11 is 0. The minimum absolute atomic E-state index is 0.806. The Morgan fingerprint density at radius 3 is 1.73 bits per heavy atom. The van der Waals surface area contributed by atoms with Gasteiger partial charge < -0.3 is 4.74 Å². The molecule has 0 bridgehead atoms. The summed E-state index contributed by atoms with van der Waals surface area (Å²) < 4.78 is 17.4. The van der Waals surface area contributed by atoms with Crippen LogP contribution in [-0.2, 0) is 9.83 Å². The second-order valence-corrected chi connectivity index (χ2v) is 8.86. The smallest absolute Gasteiger partial charge is 0.133 e. The highest BCUT2D eigenvalue weighted by Crippen LogP contribution is 2.35. The van der Waals surface area contributed by atoms with Gasteiger partial charge in [-0.05, 0) is 97.5 Å². The van der Waals surface area contributed by atoms with E-state index in [-0.39, 0.29) is 0 Å². The number of rotatable bonds is 4. The molecule has 2 nitrogen and oxygen atoms in total. The lowest BCUT2D eigenvalue weighted by atomic mass is 9.94. The van der Waals surface area contributed by atoms with Crippen LogP contribution in [0.5, 0.6) is 11.5 Å². The van der Waals surface area contributed by atoms with Gasteiger partial charge in [0.25, 0.3) is 0 Å². The molecule has 0 spiro atoms. The van der Waals surface area contributed by atoms with Gasteiger partial charge >= 0.3 is 0 Å². The maximum absolute atomic E-state index is 11.2. The van der Waals surface area contributed by atoms with E-state index in [0.29, 0.717) is 0 Å². The first kappa shape index (κ1) is 17.1. The zero-order valence-electron chi connectivity index (χ0n) is 13.9. The van der Waals surface area contributed by atoms with Crippen molar-refractivity contribution in [3.05, 3.63) is 52.1 Å². The van der Waals surface area contributed by atoms with Crippen LogP contribution in [0.4, 0.5) is 0 Å². The molecule has 0 amide bonds. The van der Waals surface area contributed by atoms with E-state index in [1.807, 2.05) is 24.3 Å². The van der Waals surface area contributed by atoms with E-state index in [4.69, 9.17) is 4.74 Å². The van der Waals surface area contributed by atoms with Gasteiger partial charge in [-0.3, -0.25) is 0 Å². The molecule has 0 aromatic heterocycles. The van der Waals surface area contributed by atoms with Crippen molar-refractivity contribution < 1.29 is 8.95 Å². The average molecular weight is 335 g/mol. The van der Waals surface area contributed by atoms with E-state index in [1.54, 1.807) is 6.26 Å². The van der Waals surface area contributed by atoms with Crippen molar-refractivity contribution in [2.75, 3.05) is 6.26 Å². The molecule has 0 saturated carbocycles. The largest absolute Gasteiger partial charge is 0.457 e. The summed E-state index contributed by atoms with van der Waals surface area (Å²) in [7, 11) is 0.442. The molecular formula is C18H22O2S2. The second kappa shape index (κ2) is 6.88. The van der Waals surface area contributed by atoms with Crippen molar-refractivity contribution in [3.63, 3.8) is 0 Å². The summed E-state index contributed by atoms with van der Waals surface area (Å²) in [5.41, 5.74) is 6.28. The third-order valence-corrected chi connectivity index (χ3v) is 6.17. The summed E-state index contributed by atoms with van der Waals surface area (Å²) in [6.45, 7) is 10.6. The molecule has 4 heteroatoms. The molecule has 0 aliphatic heterocycles. The van der Waals surface area contributed by atoms with Crippen LogP contribution in [-0.4, -0.2) is 10.5 Å². The average Bonchev–Trinajstić information content (AvgIpc) is 2.49. The number of ether oxygens (including phenoxy) is 1. The van der Waals surface area contributed by atoms with Gasteiger partial charge in [0.2, 0.25) is 0 Å². The fourth-order valence-corrected chi connectivity index (χ4v) is 4.10. The molecule has 0 fully saturated rings. The minimum Gasteiger partial charge on any atom is -0.457 e. The zero-order valence-corrected chi connectivity index (χ0v) is 15.6. The summed E-state index contributed by atoms with van der Waals surface area (Å²) in [5, 5.41) is 0. The third-order valence-electron chi connectivity index (χ3n) is 4.19. The van der Waals surface area contributed by atoms with Gasteiger partial charge in [0.15, 0.2) is 0 Å². The van der Waals surface area contributed by atoms with Crippen LogP contribution in [0.2, 0.25) is 0 Å². The molecule has 118 valence electrons. The lowest BCUT2D eigenvalue weighted by Crippen LogP contribution is -2.00. The Hall–Kier alpha value is -1.26. The molecule has 0 heterocycles. The number of benzene rings is 2. The van der Waals surface area contributed by atoms with Crippen molar-refractivity contribution >= 4 is 20.6 Å². The molecule has 0 N–H and O–H groups in total. The van der Waals surface area contributed by atoms with Crippen molar-refractivity contribution in [2.45, 2.75) is 39.5 Å². The van der Waals surface area contributed by atoms with Gasteiger partial charge in [0, 0.05) is 11.2 Å². The van der Waals surface area contributed by atoms with Gasteiger partial charge in [0.1, 0.15) is 11.5 Å². The summed E-state index contributed by atoms with van der Waals surface area (Å²) in [6, 6.07) is 7.75. The fraction of sp³-hybridized carbons (Fsp3) is 0.333. The minimum atomic E-state index is -0.901. The highest BCUT2D eigenvalue weighted by atomic mass is 33.1. The van der Waals surface area contributed by atoms with Crippen LogP contribution >= 0.6 is 10.8 Å². The molecule has 0 saturated heterocycles. The Kier molecular flexibility index (Phi) is 5.35. The molecule has 1 unspecified atom stereocenters. The molecule has 2 aromatic carbocycles. The number of hydrogen-bond donors (Lipinski definition) is 0. The summed E-state index contributed by atoms with van der Waals surface area (Å²) in [4.78, 5) is 0.984. The standard InChI is InChI=1S/C18H22O2S2/c1-11-12(2)14(4)18(15(5)13(11)3)20-16-7-9-17(10-8-16)21-22(6)19/h7-10H,1-6H3. The van der Waals surface area contributed by atoms with E-state index in [9.17, 15) is 4.21 Å². The molecule has 1 atom stereocenters. The van der Waals surface area contributed by atoms with Crippen LogP contribution in [0.3, 0.4) is 0 Å². The zero-order chi connectivity index (χ0) is 16.4. The maximum Gasteiger partial charge on any atom is 0.133 e. The third kappa shape index (κ3) is 3.55. The van der Waals surface area contributed by atoms with Crippen LogP contribution in [0.25, 0.3) is 0 Å². The van der Waals surface area contributed by atoms with E-state index in [0.717, 1.165) is 16.4 Å². The van der Waals surface area contributed by atoms with Crippen molar-refractivity contribution in [1.82, 2.24) is 0 Å². The van der Waals surface area contributed by atoms with E-state index in [2.05, 4.69) is 34.6 Å². The first-order valence-electron chi connectivity index (χ1n) is 7.18. The van der Waals surface area contributed by atoms with E-state index < -0.39 is 9.83 Å². The molecule has 0 radical (unpaired) electrons. The van der Waals surface area contributed by atoms with Crippen LogP contribution in [0, 0.1) is 34.6 Å². The molecule has 2 aromatic rings. The summed E-state index contributed by atoms with van der Waals surface area (Å²) in [6.07, 6.45) is 1.68. The monoisotopic (exact) mass is 334 g/mol. The van der Waals surface area contributed by atoms with E-state index in [1.165, 1.54) is 38.6 Å². The normalized spacial score (nSPS) is 12.3. The first-order valence-corrected chi connectivity index (χ1v) is 10.1. The van der Waals surface area contributed by atoms with Crippen molar-refractivity contribution in [3.8, 4) is 11.5 Å². The lowest BCUT2D eigenvalue weighted by molar-refractivity contribution is 0.473. The van der Waals surface area contributed by atoms with E-state index >= 15 is 0 Å². The Labute approximate surface area is 139 Å². The first-order chi connectivity index (χ1) is 10.3. The van der Waals surface area contributed by atoms with Gasteiger partial charge in [-0.25, -0.2) is 4.21 Å². The topological polar surface area (TPSA) is 26.3 Å². The van der Waals surface area contributed by atoms with Crippen LogP contribution in [0.15, 0.2) is 29.2 Å². The van der Waals surface area contributed by atoms with Gasteiger partial charge in [-0.2, -0.15) is 0 Å². The van der Waals surface area contributed by atoms with Gasteiger partial charge in [-0.15, -0.1) is 0 Å². The highest BCUT2D eigenvalue weighted by Gasteiger charge is 2.14. The quantitative estimate of drug-likeness (QED) is 0.700. The Balaban J connectivity index is 2.33. The molecule has 22 heavy (non-hydrogen) atoms. The van der Waals surface area contributed by atoms with Crippen LogP contribution in [0.1, 0.15) is 27.8 Å². The predicted molar refractivity (Wildman–Crippen MR) is 96.6 cm³/mol. The van der Waals surface area contributed by atoms with Crippen molar-refractivity contribution in [1.29, 1.82) is 0 Å². The molecule has 0 aliphatic carbocycles. The van der Waals surface area contributed by atoms with Gasteiger partial charge in [0.05, 0.1) is 9.83 Å². The van der Waals surface area contributed by atoms with Crippen molar-refractivity contribution in [2.24, 2.45) is 0 Å². The summed E-state index contributed by atoms with van der Waals surface area (Å²) in [5.74, 6) is 1.75. The Morgan fingerprint density at radius 1 is 0.818 bits per heavy atom. The molecule has 2 rings (SSSR count). The fourth-order valence-electron chi connectivity index (χ4n) is 2.44. The Bertz CT molecular complexity index is 690. The highest BCUT2D eigenvalue weighted by molar-refractivity contribution is 8.68. The lowest BCUT2D eigenvalue weighted by Gasteiger charge is -2.19. The second-order valence-electron chi connectivity index (χ2n) is 5.51. The SMILES string of the molecule is Cc1c(C)c(C)c(Oc2ccc(SS(C)=O)cc2)c(C)c1C. The molecule has 0 aliphatic rings.